The first-order valence-electron chi connectivity index (χ1n) is 5.43. The smallest absolute Gasteiger partial charge is 0.199 e. The van der Waals surface area contributed by atoms with Crippen molar-refractivity contribution in [3.63, 3.8) is 0 Å². The lowest BCUT2D eigenvalue weighted by Crippen LogP contribution is -2.16. The number of hydrogen-bond acceptors (Lipinski definition) is 3. The zero-order valence-corrected chi connectivity index (χ0v) is 11.5. The van der Waals surface area contributed by atoms with Crippen molar-refractivity contribution in [1.82, 2.24) is 4.90 Å². The normalized spacial score (nSPS) is 11.3. The third-order valence-corrected chi connectivity index (χ3v) is 3.03. The van der Waals surface area contributed by atoms with Gasteiger partial charge in [-0.25, -0.2) is 0 Å². The molecule has 4 heteroatoms. The fraction of sp³-hybridized carbons (Fsp3) is 0.308. The first-order valence-corrected chi connectivity index (χ1v) is 6.22. The van der Waals surface area contributed by atoms with Crippen LogP contribution in [0.15, 0.2) is 33.2 Å². The fourth-order valence-electron chi connectivity index (χ4n) is 1.60. The summed E-state index contributed by atoms with van der Waals surface area (Å²) in [6.45, 7) is 0.736. The standard InChI is InChI=1S/C13H14BrNO2/c1-15(2)6-5-11(16)13-8-9-7-10(14)3-4-12(9)17-13/h3-4,7-8H,5-6H2,1-2H3. The third-order valence-electron chi connectivity index (χ3n) is 2.54. The van der Waals surface area contributed by atoms with Gasteiger partial charge in [-0.15, -0.1) is 0 Å². The summed E-state index contributed by atoms with van der Waals surface area (Å²) in [6.07, 6.45) is 0.480. The second-order valence-corrected chi connectivity index (χ2v) is 5.18. The topological polar surface area (TPSA) is 33.5 Å². The van der Waals surface area contributed by atoms with Crippen LogP contribution in [0.4, 0.5) is 0 Å². The number of ketones is 1. The zero-order chi connectivity index (χ0) is 12.4. The summed E-state index contributed by atoms with van der Waals surface area (Å²) in [5.74, 6) is 0.492. The molecule has 0 spiro atoms. The van der Waals surface area contributed by atoms with E-state index in [0.29, 0.717) is 12.2 Å². The van der Waals surface area contributed by atoms with Crippen LogP contribution in [0.2, 0.25) is 0 Å². The molecule has 0 N–H and O–H groups in total. The highest BCUT2D eigenvalue weighted by Gasteiger charge is 2.12. The molecule has 2 rings (SSSR count). The lowest BCUT2D eigenvalue weighted by Gasteiger charge is -2.06. The summed E-state index contributed by atoms with van der Waals surface area (Å²) in [5, 5.41) is 0.951. The number of furan rings is 1. The minimum absolute atomic E-state index is 0.0472. The monoisotopic (exact) mass is 295 g/mol. The van der Waals surface area contributed by atoms with Crippen LogP contribution in [0.1, 0.15) is 17.0 Å². The Morgan fingerprint density at radius 1 is 1.35 bits per heavy atom. The molecule has 3 nitrogen and oxygen atoms in total. The minimum atomic E-state index is 0.0472. The van der Waals surface area contributed by atoms with Crippen LogP contribution in [0.3, 0.4) is 0 Å². The second kappa shape index (κ2) is 5.02. The molecule has 1 aromatic heterocycles. The Morgan fingerprint density at radius 3 is 2.82 bits per heavy atom. The summed E-state index contributed by atoms with van der Waals surface area (Å²) in [4.78, 5) is 13.9. The van der Waals surface area contributed by atoms with Crippen LogP contribution in [0, 0.1) is 0 Å². The highest BCUT2D eigenvalue weighted by Crippen LogP contribution is 2.23. The van der Waals surface area contributed by atoms with E-state index in [9.17, 15) is 4.79 Å². The molecule has 0 unspecified atom stereocenters. The zero-order valence-electron chi connectivity index (χ0n) is 9.87. The van der Waals surface area contributed by atoms with Gasteiger partial charge in [-0.2, -0.15) is 0 Å². The SMILES string of the molecule is CN(C)CCC(=O)c1cc2cc(Br)ccc2o1. The summed E-state index contributed by atoms with van der Waals surface area (Å²) in [7, 11) is 3.89. The van der Waals surface area contributed by atoms with Gasteiger partial charge in [-0.1, -0.05) is 15.9 Å². The van der Waals surface area contributed by atoms with Crippen LogP contribution < -0.4 is 0 Å². The van der Waals surface area contributed by atoms with Crippen LogP contribution >= 0.6 is 15.9 Å². The van der Waals surface area contributed by atoms with E-state index in [1.807, 2.05) is 37.2 Å². The van der Waals surface area contributed by atoms with Crippen LogP contribution in [-0.4, -0.2) is 31.3 Å². The molecule has 1 heterocycles. The average Bonchev–Trinajstić information content (AvgIpc) is 2.68. The third kappa shape index (κ3) is 2.96. The molecule has 1 aromatic carbocycles. The number of Topliss-reactive ketones (excluding diaryl/α,β-unsaturated/α-hetero) is 1. The van der Waals surface area contributed by atoms with Gasteiger partial charge in [0, 0.05) is 22.8 Å². The first-order chi connectivity index (χ1) is 8.06. The Balaban J connectivity index is 2.21. The van der Waals surface area contributed by atoms with Crippen LogP contribution in [-0.2, 0) is 0 Å². The number of hydrogen-bond donors (Lipinski definition) is 0. The largest absolute Gasteiger partial charge is 0.453 e. The quantitative estimate of drug-likeness (QED) is 0.811. The summed E-state index contributed by atoms with van der Waals surface area (Å²) in [5.41, 5.74) is 0.751. The summed E-state index contributed by atoms with van der Waals surface area (Å²) >= 11 is 3.40. The number of halogens is 1. The first kappa shape index (κ1) is 12.3. The van der Waals surface area contributed by atoms with Crippen molar-refractivity contribution >= 4 is 32.7 Å². The molecule has 0 radical (unpaired) electrons. The molecule has 0 amide bonds. The molecule has 0 aliphatic heterocycles. The van der Waals surface area contributed by atoms with E-state index < -0.39 is 0 Å². The van der Waals surface area contributed by atoms with Gasteiger partial charge in [0.05, 0.1) is 0 Å². The Bertz CT molecular complexity index is 545. The summed E-state index contributed by atoms with van der Waals surface area (Å²) < 4.78 is 6.51. The molecule has 0 atom stereocenters. The van der Waals surface area contributed by atoms with Gasteiger partial charge in [0.15, 0.2) is 11.5 Å². The number of fused-ring (bicyclic) bond motifs is 1. The van der Waals surface area contributed by atoms with Crippen molar-refractivity contribution in [2.45, 2.75) is 6.42 Å². The van der Waals surface area contributed by atoms with Crippen molar-refractivity contribution in [2.24, 2.45) is 0 Å². The second-order valence-electron chi connectivity index (χ2n) is 4.27. The average molecular weight is 296 g/mol. The van der Waals surface area contributed by atoms with Crippen molar-refractivity contribution in [2.75, 3.05) is 20.6 Å². The number of rotatable bonds is 4. The predicted molar refractivity (Wildman–Crippen MR) is 71.4 cm³/mol. The van der Waals surface area contributed by atoms with Gasteiger partial charge in [0.2, 0.25) is 0 Å². The number of carbonyl (C=O) groups is 1. The molecule has 0 saturated carbocycles. The molecular formula is C13H14BrNO2. The van der Waals surface area contributed by atoms with E-state index >= 15 is 0 Å². The van der Waals surface area contributed by atoms with E-state index in [0.717, 1.165) is 22.0 Å². The lowest BCUT2D eigenvalue weighted by molar-refractivity contribution is 0.0947. The van der Waals surface area contributed by atoms with Gasteiger partial charge >= 0.3 is 0 Å². The molecule has 2 aromatic rings. The fourth-order valence-corrected chi connectivity index (χ4v) is 1.98. The summed E-state index contributed by atoms with van der Waals surface area (Å²) in [6, 6.07) is 7.52. The highest BCUT2D eigenvalue weighted by atomic mass is 79.9. The Hall–Kier alpha value is -1.13. The highest BCUT2D eigenvalue weighted by molar-refractivity contribution is 9.10. The van der Waals surface area contributed by atoms with E-state index in [2.05, 4.69) is 15.9 Å². The maximum absolute atomic E-state index is 11.9. The Morgan fingerprint density at radius 2 is 2.12 bits per heavy atom. The number of carbonyl (C=O) groups excluding carboxylic acids is 1. The van der Waals surface area contributed by atoms with Crippen LogP contribution in [0.5, 0.6) is 0 Å². The Labute approximate surface area is 109 Å². The van der Waals surface area contributed by atoms with Crippen molar-refractivity contribution in [1.29, 1.82) is 0 Å². The predicted octanol–water partition coefficient (Wildman–Crippen LogP) is 3.33. The molecule has 17 heavy (non-hydrogen) atoms. The van der Waals surface area contributed by atoms with E-state index in [1.165, 1.54) is 0 Å². The molecule has 0 fully saturated rings. The van der Waals surface area contributed by atoms with Gasteiger partial charge in [0.1, 0.15) is 5.58 Å². The molecule has 0 aliphatic rings. The van der Waals surface area contributed by atoms with Crippen LogP contribution in [0.25, 0.3) is 11.0 Å². The molecular weight excluding hydrogens is 282 g/mol. The van der Waals surface area contributed by atoms with Crippen molar-refractivity contribution in [3.05, 3.63) is 34.5 Å². The van der Waals surface area contributed by atoms with E-state index in [4.69, 9.17) is 4.42 Å². The van der Waals surface area contributed by atoms with Gasteiger partial charge in [-0.05, 0) is 38.4 Å². The molecule has 0 aliphatic carbocycles. The van der Waals surface area contributed by atoms with Gasteiger partial charge < -0.3 is 9.32 Å². The van der Waals surface area contributed by atoms with Gasteiger partial charge in [0.25, 0.3) is 0 Å². The van der Waals surface area contributed by atoms with Crippen molar-refractivity contribution < 1.29 is 9.21 Å². The minimum Gasteiger partial charge on any atom is -0.453 e. The number of benzene rings is 1. The molecule has 0 saturated heterocycles. The van der Waals surface area contributed by atoms with E-state index in [-0.39, 0.29) is 5.78 Å². The molecule has 90 valence electrons. The van der Waals surface area contributed by atoms with Gasteiger partial charge in [-0.3, -0.25) is 4.79 Å². The maximum Gasteiger partial charge on any atom is 0.199 e. The lowest BCUT2D eigenvalue weighted by atomic mass is 10.2. The molecule has 0 bridgehead atoms. The number of nitrogens with zero attached hydrogens (tertiary/aromatic N) is 1. The van der Waals surface area contributed by atoms with Crippen molar-refractivity contribution in [3.8, 4) is 0 Å². The maximum atomic E-state index is 11.9. The van der Waals surface area contributed by atoms with E-state index in [1.54, 1.807) is 6.07 Å². The Kier molecular flexibility index (Phi) is 3.64.